The van der Waals surface area contributed by atoms with Gasteiger partial charge in [-0.3, -0.25) is 0 Å². The molecule has 1 aromatic carbocycles. The smallest absolute Gasteiger partial charge is 0.247 e. The second kappa shape index (κ2) is 12.5. The predicted molar refractivity (Wildman–Crippen MR) is 116 cm³/mol. The Hall–Kier alpha value is -2.05. The van der Waals surface area contributed by atoms with Crippen LogP contribution in [-0.4, -0.2) is 24.1 Å². The first-order valence-electron chi connectivity index (χ1n) is 10.4. The number of hydrogen-bond donors (Lipinski definition) is 1. The number of benzene rings is 1. The Bertz CT molecular complexity index is 690. The van der Waals surface area contributed by atoms with E-state index in [9.17, 15) is 0 Å². The van der Waals surface area contributed by atoms with Crippen LogP contribution in [0.5, 0.6) is 0 Å². The monoisotopic (exact) mass is 403 g/mol. The van der Waals surface area contributed by atoms with Crippen LogP contribution in [0.4, 0.5) is 0 Å². The average molecular weight is 404 g/mol. The van der Waals surface area contributed by atoms with Crippen molar-refractivity contribution in [2.45, 2.75) is 72.1 Å². The maximum atomic E-state index is 8.00. The van der Waals surface area contributed by atoms with Gasteiger partial charge < -0.3 is 14.0 Å². The van der Waals surface area contributed by atoms with Crippen LogP contribution >= 0.6 is 0 Å². The zero-order chi connectivity index (χ0) is 21.9. The van der Waals surface area contributed by atoms with Gasteiger partial charge in [0.05, 0.1) is 7.11 Å². The molecule has 162 valence electrons. The standard InChI is InChI=1S/C21H30N2O.CH5NO.CH2O/c1-5-15-7-9-16(10-8-15)19-22-23-20(24-19)17-11-13-18(14-12-17)21(3,4)6-2;1-3-2;1-2/h7-10,17-18H,5-6,11-14H2,1-4H3;2H2,1H3;1H2. The lowest BCUT2D eigenvalue weighted by molar-refractivity contribution is -0.0979. The first-order chi connectivity index (χ1) is 13.9. The Morgan fingerprint density at radius 2 is 1.66 bits per heavy atom. The van der Waals surface area contributed by atoms with Crippen LogP contribution in [0.25, 0.3) is 11.5 Å². The van der Waals surface area contributed by atoms with Gasteiger partial charge in [0.25, 0.3) is 0 Å². The molecule has 29 heavy (non-hydrogen) atoms. The molecule has 2 aromatic rings. The third kappa shape index (κ3) is 7.05. The van der Waals surface area contributed by atoms with Crippen molar-refractivity contribution in [2.75, 3.05) is 7.11 Å². The molecule has 0 amide bonds. The van der Waals surface area contributed by atoms with E-state index in [4.69, 9.17) is 9.21 Å². The summed E-state index contributed by atoms with van der Waals surface area (Å²) in [5.41, 5.74) is 2.80. The topological polar surface area (TPSA) is 91.2 Å². The summed E-state index contributed by atoms with van der Waals surface area (Å²) >= 11 is 0. The minimum Gasteiger partial charge on any atom is -0.420 e. The van der Waals surface area contributed by atoms with E-state index in [1.807, 2.05) is 6.79 Å². The molecule has 0 unspecified atom stereocenters. The van der Waals surface area contributed by atoms with Gasteiger partial charge in [0.1, 0.15) is 6.79 Å². The quantitative estimate of drug-likeness (QED) is 0.678. The van der Waals surface area contributed by atoms with E-state index in [0.29, 0.717) is 17.2 Å². The molecular formula is C23H37N3O3. The van der Waals surface area contributed by atoms with Crippen LogP contribution in [0.1, 0.15) is 77.2 Å². The summed E-state index contributed by atoms with van der Waals surface area (Å²) in [4.78, 5) is 11.8. The summed E-state index contributed by atoms with van der Waals surface area (Å²) in [6, 6.07) is 8.43. The first-order valence-corrected chi connectivity index (χ1v) is 10.4. The van der Waals surface area contributed by atoms with Crippen molar-refractivity contribution in [3.05, 3.63) is 35.7 Å². The van der Waals surface area contributed by atoms with E-state index >= 15 is 0 Å². The molecule has 0 radical (unpaired) electrons. The van der Waals surface area contributed by atoms with Gasteiger partial charge in [-0.1, -0.05) is 46.2 Å². The van der Waals surface area contributed by atoms with Crippen molar-refractivity contribution in [1.82, 2.24) is 10.2 Å². The minimum atomic E-state index is 0.435. The van der Waals surface area contributed by atoms with Crippen LogP contribution in [0.2, 0.25) is 0 Å². The molecular weight excluding hydrogens is 366 g/mol. The summed E-state index contributed by atoms with van der Waals surface area (Å²) in [6.07, 6.45) is 7.19. The summed E-state index contributed by atoms with van der Waals surface area (Å²) in [7, 11) is 1.40. The van der Waals surface area contributed by atoms with Crippen LogP contribution in [0, 0.1) is 11.3 Å². The molecule has 0 bridgehead atoms. The molecule has 0 atom stereocenters. The first kappa shape index (κ1) is 25.0. The summed E-state index contributed by atoms with van der Waals surface area (Å²) in [6.45, 7) is 11.3. The molecule has 1 heterocycles. The van der Waals surface area contributed by atoms with Crippen molar-refractivity contribution in [3.63, 3.8) is 0 Å². The lowest BCUT2D eigenvalue weighted by Crippen LogP contribution is -2.27. The van der Waals surface area contributed by atoms with Gasteiger partial charge in [-0.15, -0.1) is 10.2 Å². The SMILES string of the molecule is C=O.CCc1ccc(-c2nnc(C3CCC(C(C)(C)CC)CC3)o2)cc1.CON. The number of nitrogens with zero attached hydrogens (tertiary/aromatic N) is 2. The van der Waals surface area contributed by atoms with Gasteiger partial charge >= 0.3 is 0 Å². The fourth-order valence-corrected chi connectivity index (χ4v) is 3.81. The molecule has 1 aromatic heterocycles. The van der Waals surface area contributed by atoms with Crippen molar-refractivity contribution < 1.29 is 14.0 Å². The fraction of sp³-hybridized carbons (Fsp3) is 0.609. The fourth-order valence-electron chi connectivity index (χ4n) is 3.81. The molecule has 1 saturated carbocycles. The second-order valence-electron chi connectivity index (χ2n) is 8.12. The van der Waals surface area contributed by atoms with Gasteiger partial charge in [0.2, 0.25) is 11.8 Å². The maximum Gasteiger partial charge on any atom is 0.247 e. The van der Waals surface area contributed by atoms with E-state index in [0.717, 1.165) is 23.8 Å². The highest BCUT2D eigenvalue weighted by atomic mass is 16.6. The number of nitrogens with two attached hydrogens (primary N) is 1. The Morgan fingerprint density at radius 1 is 1.10 bits per heavy atom. The Kier molecular flexibility index (Phi) is 10.8. The van der Waals surface area contributed by atoms with Gasteiger partial charge in [-0.25, -0.2) is 5.90 Å². The molecule has 6 heteroatoms. The zero-order valence-corrected chi connectivity index (χ0v) is 18.6. The molecule has 3 rings (SSSR count). The van der Waals surface area contributed by atoms with Crippen LogP contribution < -0.4 is 5.90 Å². The molecule has 1 aliphatic rings. The van der Waals surface area contributed by atoms with Crippen molar-refractivity contribution in [2.24, 2.45) is 17.2 Å². The van der Waals surface area contributed by atoms with Crippen molar-refractivity contribution in [1.29, 1.82) is 0 Å². The predicted octanol–water partition coefficient (Wildman–Crippen LogP) is 5.33. The number of carbonyl (C=O) groups excluding carboxylic acids is 1. The Balaban J connectivity index is 0.000000771. The summed E-state index contributed by atoms with van der Waals surface area (Å²) in [5, 5.41) is 8.63. The van der Waals surface area contributed by atoms with Gasteiger partial charge in [0, 0.05) is 11.5 Å². The maximum absolute atomic E-state index is 8.00. The van der Waals surface area contributed by atoms with Crippen LogP contribution in [0.3, 0.4) is 0 Å². The van der Waals surface area contributed by atoms with Gasteiger partial charge in [-0.2, -0.15) is 0 Å². The normalized spacial score (nSPS) is 18.8. The highest BCUT2D eigenvalue weighted by Crippen LogP contribution is 2.44. The molecule has 0 aliphatic heterocycles. The van der Waals surface area contributed by atoms with Crippen molar-refractivity contribution >= 4 is 6.79 Å². The van der Waals surface area contributed by atoms with Crippen LogP contribution in [0.15, 0.2) is 28.7 Å². The largest absolute Gasteiger partial charge is 0.420 e. The lowest BCUT2D eigenvalue weighted by Gasteiger charge is -2.38. The number of carbonyl (C=O) groups is 1. The molecule has 0 spiro atoms. The van der Waals surface area contributed by atoms with Gasteiger partial charge in [-0.05, 0) is 61.1 Å². The van der Waals surface area contributed by atoms with Crippen molar-refractivity contribution in [3.8, 4) is 11.5 Å². The second-order valence-corrected chi connectivity index (χ2v) is 8.12. The third-order valence-corrected chi connectivity index (χ3v) is 6.14. The molecule has 1 aliphatic carbocycles. The summed E-state index contributed by atoms with van der Waals surface area (Å²) in [5.74, 6) is 7.09. The van der Waals surface area contributed by atoms with E-state index < -0.39 is 0 Å². The minimum absolute atomic E-state index is 0.435. The van der Waals surface area contributed by atoms with E-state index in [-0.39, 0.29) is 0 Å². The van der Waals surface area contributed by atoms with Gasteiger partial charge in [0.15, 0.2) is 0 Å². The highest BCUT2D eigenvalue weighted by Gasteiger charge is 2.33. The summed E-state index contributed by atoms with van der Waals surface area (Å²) < 4.78 is 6.01. The highest BCUT2D eigenvalue weighted by molar-refractivity contribution is 5.53. The number of hydrogen-bond acceptors (Lipinski definition) is 6. The van der Waals surface area contributed by atoms with E-state index in [1.54, 1.807) is 0 Å². The lowest BCUT2D eigenvalue weighted by atomic mass is 9.67. The van der Waals surface area contributed by atoms with E-state index in [1.165, 1.54) is 44.8 Å². The number of aryl methyl sites for hydroxylation is 1. The zero-order valence-electron chi connectivity index (χ0n) is 18.6. The van der Waals surface area contributed by atoms with E-state index in [2.05, 4.69) is 72.9 Å². The Morgan fingerprint density at radius 3 is 2.14 bits per heavy atom. The number of aromatic nitrogens is 2. The molecule has 0 saturated heterocycles. The molecule has 2 N–H and O–H groups in total. The van der Waals surface area contributed by atoms with Crippen LogP contribution in [-0.2, 0) is 16.1 Å². The number of rotatable bonds is 5. The third-order valence-electron chi connectivity index (χ3n) is 6.14. The molecule has 1 fully saturated rings. The molecule has 6 nitrogen and oxygen atoms in total. The average Bonchev–Trinajstić information content (AvgIpc) is 3.26. The Labute approximate surface area is 175 Å².